The Labute approximate surface area is 129 Å². The minimum absolute atomic E-state index is 0.318. The molecule has 2 aromatic heterocycles. The third-order valence-electron chi connectivity index (χ3n) is 3.08. The van der Waals surface area contributed by atoms with Crippen LogP contribution in [0, 0.1) is 13.8 Å². The molecule has 0 aliphatic carbocycles. The highest BCUT2D eigenvalue weighted by Gasteiger charge is 2.06. The lowest BCUT2D eigenvalue weighted by atomic mass is 10.3. The standard InChI is InChI=1S/C15H21N5O2/c1-10-8-11(2)20(19-10)14-5-4-13(9-17-14)18-15(22)16-7-6-12(3)21/h4-5,8-9,12,21H,6-7H2,1-3H3,(H2,16,18,22). The zero-order valence-electron chi connectivity index (χ0n) is 13.0. The molecule has 22 heavy (non-hydrogen) atoms. The van der Waals surface area contributed by atoms with E-state index >= 15 is 0 Å². The summed E-state index contributed by atoms with van der Waals surface area (Å²) in [6.45, 7) is 5.99. The molecule has 0 aliphatic rings. The monoisotopic (exact) mass is 303 g/mol. The molecule has 7 heteroatoms. The van der Waals surface area contributed by atoms with Crippen LogP contribution in [0.2, 0.25) is 0 Å². The van der Waals surface area contributed by atoms with Crippen molar-refractivity contribution < 1.29 is 9.90 Å². The number of aryl methyl sites for hydroxylation is 2. The van der Waals surface area contributed by atoms with E-state index in [2.05, 4.69) is 20.7 Å². The van der Waals surface area contributed by atoms with Crippen molar-refractivity contribution in [2.75, 3.05) is 11.9 Å². The Morgan fingerprint density at radius 3 is 2.73 bits per heavy atom. The van der Waals surface area contributed by atoms with Gasteiger partial charge in [-0.25, -0.2) is 14.5 Å². The third kappa shape index (κ3) is 4.29. The maximum Gasteiger partial charge on any atom is 0.319 e. The van der Waals surface area contributed by atoms with Gasteiger partial charge in [0.25, 0.3) is 0 Å². The van der Waals surface area contributed by atoms with Crippen molar-refractivity contribution in [3.8, 4) is 5.82 Å². The summed E-state index contributed by atoms with van der Waals surface area (Å²) >= 11 is 0. The number of nitrogens with one attached hydrogen (secondary N) is 2. The minimum Gasteiger partial charge on any atom is -0.393 e. The van der Waals surface area contributed by atoms with Crippen LogP contribution in [0.3, 0.4) is 0 Å². The summed E-state index contributed by atoms with van der Waals surface area (Å²) in [6.07, 6.45) is 1.67. The number of anilines is 1. The molecule has 2 amide bonds. The first-order chi connectivity index (χ1) is 10.5. The summed E-state index contributed by atoms with van der Waals surface area (Å²) in [6, 6.07) is 5.22. The van der Waals surface area contributed by atoms with Gasteiger partial charge < -0.3 is 15.7 Å². The second-order valence-electron chi connectivity index (χ2n) is 5.26. The van der Waals surface area contributed by atoms with Crippen LogP contribution in [-0.4, -0.2) is 38.6 Å². The lowest BCUT2D eigenvalue weighted by Gasteiger charge is -2.09. The normalized spacial score (nSPS) is 12.0. The molecule has 0 spiro atoms. The fourth-order valence-electron chi connectivity index (χ4n) is 2.02. The number of urea groups is 1. The first-order valence-electron chi connectivity index (χ1n) is 7.18. The first kappa shape index (κ1) is 16.0. The van der Waals surface area contributed by atoms with E-state index in [4.69, 9.17) is 5.11 Å². The van der Waals surface area contributed by atoms with Gasteiger partial charge in [0.2, 0.25) is 0 Å². The highest BCUT2D eigenvalue weighted by atomic mass is 16.3. The van der Waals surface area contributed by atoms with Crippen LogP contribution in [-0.2, 0) is 0 Å². The van der Waals surface area contributed by atoms with Gasteiger partial charge in [-0.3, -0.25) is 0 Å². The predicted octanol–water partition coefficient (Wildman–Crippen LogP) is 1.78. The Hall–Kier alpha value is -2.41. The zero-order valence-corrected chi connectivity index (χ0v) is 13.0. The first-order valence-corrected chi connectivity index (χ1v) is 7.18. The summed E-state index contributed by atoms with van der Waals surface area (Å²) in [4.78, 5) is 16.0. The number of hydrogen-bond donors (Lipinski definition) is 3. The Morgan fingerprint density at radius 1 is 1.41 bits per heavy atom. The third-order valence-corrected chi connectivity index (χ3v) is 3.08. The highest BCUT2D eigenvalue weighted by molar-refractivity contribution is 5.89. The number of nitrogens with zero attached hydrogens (tertiary/aromatic N) is 3. The Kier molecular flexibility index (Phi) is 5.11. The molecule has 0 saturated carbocycles. The molecule has 1 unspecified atom stereocenters. The Bertz CT molecular complexity index is 634. The van der Waals surface area contributed by atoms with Crippen molar-refractivity contribution >= 4 is 11.7 Å². The van der Waals surface area contributed by atoms with E-state index < -0.39 is 6.10 Å². The lowest BCUT2D eigenvalue weighted by Crippen LogP contribution is -2.30. The van der Waals surface area contributed by atoms with E-state index in [9.17, 15) is 4.79 Å². The summed E-state index contributed by atoms with van der Waals surface area (Å²) in [5, 5.41) is 18.8. The summed E-state index contributed by atoms with van der Waals surface area (Å²) in [5.74, 6) is 0.700. The largest absolute Gasteiger partial charge is 0.393 e. The van der Waals surface area contributed by atoms with E-state index in [0.717, 1.165) is 11.4 Å². The zero-order chi connectivity index (χ0) is 16.1. The molecule has 2 rings (SSSR count). The molecule has 1 atom stereocenters. The van der Waals surface area contributed by atoms with Gasteiger partial charge in [-0.05, 0) is 45.4 Å². The molecule has 0 saturated heterocycles. The van der Waals surface area contributed by atoms with Crippen LogP contribution in [0.15, 0.2) is 24.4 Å². The van der Waals surface area contributed by atoms with Crippen LogP contribution in [0.4, 0.5) is 10.5 Å². The van der Waals surface area contributed by atoms with Crippen LogP contribution in [0.1, 0.15) is 24.7 Å². The van der Waals surface area contributed by atoms with E-state index in [-0.39, 0.29) is 6.03 Å². The van der Waals surface area contributed by atoms with Gasteiger partial charge in [-0.15, -0.1) is 0 Å². The smallest absolute Gasteiger partial charge is 0.319 e. The number of carbonyl (C=O) groups is 1. The van der Waals surface area contributed by atoms with E-state index in [1.54, 1.807) is 29.9 Å². The van der Waals surface area contributed by atoms with Gasteiger partial charge in [0.15, 0.2) is 5.82 Å². The van der Waals surface area contributed by atoms with Crippen molar-refractivity contribution in [2.45, 2.75) is 33.3 Å². The number of hydrogen-bond acceptors (Lipinski definition) is 4. The number of pyridine rings is 1. The maximum atomic E-state index is 11.7. The fraction of sp³-hybridized carbons (Fsp3) is 0.400. The second kappa shape index (κ2) is 7.04. The number of carbonyl (C=O) groups excluding carboxylic acids is 1. The molecule has 118 valence electrons. The molecule has 2 heterocycles. The maximum absolute atomic E-state index is 11.7. The molecule has 0 bridgehead atoms. The van der Waals surface area contributed by atoms with Crippen LogP contribution in [0.25, 0.3) is 5.82 Å². The quantitative estimate of drug-likeness (QED) is 0.785. The number of rotatable bonds is 5. The number of aliphatic hydroxyl groups excluding tert-OH is 1. The van der Waals surface area contributed by atoms with Crippen LogP contribution in [0.5, 0.6) is 0 Å². The van der Waals surface area contributed by atoms with Gasteiger partial charge in [-0.1, -0.05) is 0 Å². The highest BCUT2D eigenvalue weighted by Crippen LogP contribution is 2.12. The molecule has 7 nitrogen and oxygen atoms in total. The number of aliphatic hydroxyl groups is 1. The van der Waals surface area contributed by atoms with Crippen LogP contribution < -0.4 is 10.6 Å². The Morgan fingerprint density at radius 2 is 2.18 bits per heavy atom. The van der Waals surface area contributed by atoms with E-state index in [1.807, 2.05) is 19.9 Å². The minimum atomic E-state index is -0.429. The molecule has 3 N–H and O–H groups in total. The molecule has 0 aliphatic heterocycles. The average molecular weight is 303 g/mol. The summed E-state index contributed by atoms with van der Waals surface area (Å²) in [7, 11) is 0. The number of aromatic nitrogens is 3. The second-order valence-corrected chi connectivity index (χ2v) is 5.26. The van der Waals surface area contributed by atoms with Crippen molar-refractivity contribution in [1.29, 1.82) is 0 Å². The summed E-state index contributed by atoms with van der Waals surface area (Å²) < 4.78 is 1.75. The summed E-state index contributed by atoms with van der Waals surface area (Å²) in [5.41, 5.74) is 2.53. The van der Waals surface area contributed by atoms with Crippen molar-refractivity contribution in [3.05, 3.63) is 35.8 Å². The molecular weight excluding hydrogens is 282 g/mol. The fourth-order valence-corrected chi connectivity index (χ4v) is 2.02. The Balaban J connectivity index is 1.94. The lowest BCUT2D eigenvalue weighted by molar-refractivity contribution is 0.184. The molecular formula is C15H21N5O2. The van der Waals surface area contributed by atoms with Crippen LogP contribution >= 0.6 is 0 Å². The van der Waals surface area contributed by atoms with Crippen molar-refractivity contribution in [3.63, 3.8) is 0 Å². The van der Waals surface area contributed by atoms with E-state index in [1.165, 1.54) is 0 Å². The van der Waals surface area contributed by atoms with Gasteiger partial charge in [0, 0.05) is 12.2 Å². The molecule has 0 radical (unpaired) electrons. The van der Waals surface area contributed by atoms with Gasteiger partial charge in [0.1, 0.15) is 0 Å². The van der Waals surface area contributed by atoms with Crippen molar-refractivity contribution in [2.24, 2.45) is 0 Å². The average Bonchev–Trinajstić information content (AvgIpc) is 2.78. The van der Waals surface area contributed by atoms with E-state index in [0.29, 0.717) is 24.5 Å². The predicted molar refractivity (Wildman–Crippen MR) is 84.2 cm³/mol. The van der Waals surface area contributed by atoms with Gasteiger partial charge in [-0.2, -0.15) is 5.10 Å². The molecule has 2 aromatic rings. The SMILES string of the molecule is Cc1cc(C)n(-c2ccc(NC(=O)NCCC(C)O)cn2)n1. The topological polar surface area (TPSA) is 92.1 Å². The number of amides is 2. The van der Waals surface area contributed by atoms with Gasteiger partial charge in [0.05, 0.1) is 23.7 Å². The molecule has 0 aromatic carbocycles. The van der Waals surface area contributed by atoms with Crippen molar-refractivity contribution in [1.82, 2.24) is 20.1 Å². The van der Waals surface area contributed by atoms with Gasteiger partial charge >= 0.3 is 6.03 Å². The molecule has 0 fully saturated rings.